The Balaban J connectivity index is 2.23. The number of likely N-dealkylation sites (tertiary alicyclic amines) is 1. The molecule has 2 rings (SSSR count). The summed E-state index contributed by atoms with van der Waals surface area (Å²) in [6.07, 6.45) is 1.00. The zero-order valence-corrected chi connectivity index (χ0v) is 12.7. The maximum Gasteiger partial charge on any atom is 0.411 e. The maximum absolute atomic E-state index is 13.0. The van der Waals surface area contributed by atoms with Gasteiger partial charge in [0.15, 0.2) is 0 Å². The van der Waals surface area contributed by atoms with Crippen molar-refractivity contribution in [1.82, 2.24) is 4.90 Å². The summed E-state index contributed by atoms with van der Waals surface area (Å²) in [4.78, 5) is 14.0. The Kier molecular flexibility index (Phi) is 4.52. The summed E-state index contributed by atoms with van der Waals surface area (Å²) in [5.41, 5.74) is 0.269. The van der Waals surface area contributed by atoms with Crippen LogP contribution in [0, 0.1) is 5.82 Å². The van der Waals surface area contributed by atoms with Crippen LogP contribution in [-0.2, 0) is 4.74 Å². The third-order valence-electron chi connectivity index (χ3n) is 3.57. The highest BCUT2D eigenvalue weighted by atomic mass is 19.1. The van der Waals surface area contributed by atoms with Crippen LogP contribution < -0.4 is 0 Å². The lowest BCUT2D eigenvalue weighted by Gasteiger charge is -2.32. The predicted molar refractivity (Wildman–Crippen MR) is 77.3 cm³/mol. The van der Waals surface area contributed by atoms with Crippen LogP contribution in [0.2, 0.25) is 0 Å². The predicted octanol–water partition coefficient (Wildman–Crippen LogP) is 3.26. The van der Waals surface area contributed by atoms with E-state index in [2.05, 4.69) is 0 Å². The van der Waals surface area contributed by atoms with Crippen LogP contribution in [0.3, 0.4) is 0 Å². The SMILES string of the molecule is CC(C)(C)OC(=O)N1C(CO)CCC1c1ccc(F)cc1. The highest BCUT2D eigenvalue weighted by Crippen LogP contribution is 2.37. The van der Waals surface area contributed by atoms with Crippen molar-refractivity contribution < 1.29 is 19.0 Å². The smallest absolute Gasteiger partial charge is 0.411 e. The van der Waals surface area contributed by atoms with Gasteiger partial charge in [-0.25, -0.2) is 9.18 Å². The zero-order valence-electron chi connectivity index (χ0n) is 12.7. The van der Waals surface area contributed by atoms with Gasteiger partial charge < -0.3 is 9.84 Å². The van der Waals surface area contributed by atoms with E-state index in [4.69, 9.17) is 4.74 Å². The first-order valence-electron chi connectivity index (χ1n) is 7.19. The Hall–Kier alpha value is -1.62. The number of rotatable bonds is 2. The lowest BCUT2D eigenvalue weighted by atomic mass is 10.0. The van der Waals surface area contributed by atoms with Crippen molar-refractivity contribution in [1.29, 1.82) is 0 Å². The summed E-state index contributed by atoms with van der Waals surface area (Å²) in [6, 6.07) is 5.69. The number of carbonyl (C=O) groups excluding carboxylic acids is 1. The van der Waals surface area contributed by atoms with Crippen LogP contribution in [0.25, 0.3) is 0 Å². The molecule has 0 bridgehead atoms. The third kappa shape index (κ3) is 3.73. The van der Waals surface area contributed by atoms with Gasteiger partial charge in [0, 0.05) is 0 Å². The Morgan fingerprint density at radius 3 is 2.48 bits per heavy atom. The Morgan fingerprint density at radius 1 is 1.33 bits per heavy atom. The van der Waals surface area contributed by atoms with Crippen LogP contribution in [0.15, 0.2) is 24.3 Å². The molecule has 1 heterocycles. The van der Waals surface area contributed by atoms with Crippen molar-refractivity contribution in [2.45, 2.75) is 51.3 Å². The van der Waals surface area contributed by atoms with Gasteiger partial charge >= 0.3 is 6.09 Å². The maximum atomic E-state index is 13.0. The Labute approximate surface area is 124 Å². The molecule has 0 saturated carbocycles. The second-order valence-electron chi connectivity index (χ2n) is 6.37. The molecule has 1 aromatic carbocycles. The second-order valence-corrected chi connectivity index (χ2v) is 6.37. The standard InChI is InChI=1S/C16H22FNO3/c1-16(2,3)21-15(20)18-13(10-19)8-9-14(18)11-4-6-12(17)7-5-11/h4-7,13-14,19H,8-10H2,1-3H3. The lowest BCUT2D eigenvalue weighted by Crippen LogP contribution is -2.42. The fourth-order valence-corrected chi connectivity index (χ4v) is 2.67. The van der Waals surface area contributed by atoms with Gasteiger partial charge in [-0.1, -0.05) is 12.1 Å². The molecule has 2 atom stereocenters. The fraction of sp³-hybridized carbons (Fsp3) is 0.562. The molecule has 5 heteroatoms. The van der Waals surface area contributed by atoms with E-state index in [0.717, 1.165) is 12.0 Å². The molecular formula is C16H22FNO3. The van der Waals surface area contributed by atoms with E-state index in [1.807, 2.05) is 20.8 Å². The minimum Gasteiger partial charge on any atom is -0.444 e. The van der Waals surface area contributed by atoms with Gasteiger partial charge in [0.25, 0.3) is 0 Å². The third-order valence-corrected chi connectivity index (χ3v) is 3.57. The van der Waals surface area contributed by atoms with Crippen LogP contribution in [0.5, 0.6) is 0 Å². The topological polar surface area (TPSA) is 49.8 Å². The number of carbonyl (C=O) groups is 1. The van der Waals surface area contributed by atoms with Gasteiger partial charge in [0.1, 0.15) is 11.4 Å². The number of ether oxygens (including phenoxy) is 1. The van der Waals surface area contributed by atoms with Gasteiger partial charge in [-0.05, 0) is 51.3 Å². The fourth-order valence-electron chi connectivity index (χ4n) is 2.67. The number of hydrogen-bond acceptors (Lipinski definition) is 3. The quantitative estimate of drug-likeness (QED) is 0.911. The molecule has 2 unspecified atom stereocenters. The van der Waals surface area contributed by atoms with E-state index in [0.29, 0.717) is 6.42 Å². The molecule has 1 aliphatic heterocycles. The summed E-state index contributed by atoms with van der Waals surface area (Å²) < 4.78 is 18.5. The molecule has 1 N–H and O–H groups in total. The number of hydrogen-bond donors (Lipinski definition) is 1. The van der Waals surface area contributed by atoms with Crippen molar-refractivity contribution in [3.05, 3.63) is 35.6 Å². The number of nitrogens with zero attached hydrogens (tertiary/aromatic N) is 1. The molecule has 116 valence electrons. The van der Waals surface area contributed by atoms with Gasteiger partial charge in [0.05, 0.1) is 18.7 Å². The number of benzene rings is 1. The summed E-state index contributed by atoms with van der Waals surface area (Å²) in [5, 5.41) is 9.48. The molecule has 0 aromatic heterocycles. The molecule has 0 spiro atoms. The Bertz CT molecular complexity index is 495. The first-order chi connectivity index (χ1) is 9.81. The number of halogens is 1. The van der Waals surface area contributed by atoms with E-state index >= 15 is 0 Å². The second kappa shape index (κ2) is 6.02. The van der Waals surface area contributed by atoms with Gasteiger partial charge in [-0.15, -0.1) is 0 Å². The summed E-state index contributed by atoms with van der Waals surface area (Å²) in [7, 11) is 0. The average molecular weight is 295 g/mol. The highest BCUT2D eigenvalue weighted by Gasteiger charge is 2.39. The summed E-state index contributed by atoms with van der Waals surface area (Å²) >= 11 is 0. The van der Waals surface area contributed by atoms with E-state index < -0.39 is 11.7 Å². The molecule has 1 fully saturated rings. The Morgan fingerprint density at radius 2 is 1.95 bits per heavy atom. The van der Waals surface area contributed by atoms with Crippen molar-refractivity contribution in [3.8, 4) is 0 Å². The largest absolute Gasteiger partial charge is 0.444 e. The van der Waals surface area contributed by atoms with Crippen molar-refractivity contribution in [2.75, 3.05) is 6.61 Å². The molecular weight excluding hydrogens is 273 g/mol. The molecule has 4 nitrogen and oxygen atoms in total. The number of aliphatic hydroxyl groups excluding tert-OH is 1. The van der Waals surface area contributed by atoms with Gasteiger partial charge in [-0.3, -0.25) is 4.90 Å². The minimum absolute atomic E-state index is 0.100. The molecule has 1 aromatic rings. The summed E-state index contributed by atoms with van der Waals surface area (Å²) in [6.45, 7) is 5.32. The number of amides is 1. The number of aliphatic hydroxyl groups is 1. The van der Waals surface area contributed by atoms with Crippen LogP contribution >= 0.6 is 0 Å². The molecule has 1 amide bonds. The van der Waals surface area contributed by atoms with Crippen LogP contribution in [0.4, 0.5) is 9.18 Å². The first-order valence-corrected chi connectivity index (χ1v) is 7.19. The van der Waals surface area contributed by atoms with E-state index in [1.165, 1.54) is 12.1 Å². The molecule has 0 aliphatic carbocycles. The van der Waals surface area contributed by atoms with E-state index in [-0.39, 0.29) is 24.5 Å². The average Bonchev–Trinajstić information content (AvgIpc) is 2.81. The first kappa shape index (κ1) is 15.8. The zero-order chi connectivity index (χ0) is 15.6. The monoisotopic (exact) mass is 295 g/mol. The van der Waals surface area contributed by atoms with Crippen LogP contribution in [0.1, 0.15) is 45.2 Å². The molecule has 1 saturated heterocycles. The van der Waals surface area contributed by atoms with E-state index in [1.54, 1.807) is 17.0 Å². The minimum atomic E-state index is -0.590. The molecule has 21 heavy (non-hydrogen) atoms. The van der Waals surface area contributed by atoms with Crippen molar-refractivity contribution >= 4 is 6.09 Å². The van der Waals surface area contributed by atoms with Crippen LogP contribution in [-0.4, -0.2) is 34.3 Å². The highest BCUT2D eigenvalue weighted by molar-refractivity contribution is 5.70. The molecule has 1 aliphatic rings. The van der Waals surface area contributed by atoms with Gasteiger partial charge in [-0.2, -0.15) is 0 Å². The van der Waals surface area contributed by atoms with Crippen molar-refractivity contribution in [3.63, 3.8) is 0 Å². The molecule has 0 radical (unpaired) electrons. The normalized spacial score (nSPS) is 22.4. The van der Waals surface area contributed by atoms with E-state index in [9.17, 15) is 14.3 Å². The summed E-state index contributed by atoms with van der Waals surface area (Å²) in [5.74, 6) is -0.306. The van der Waals surface area contributed by atoms with Gasteiger partial charge in [0.2, 0.25) is 0 Å². The lowest BCUT2D eigenvalue weighted by molar-refractivity contribution is 0.00868. The van der Waals surface area contributed by atoms with Crippen molar-refractivity contribution in [2.24, 2.45) is 0 Å².